The van der Waals surface area contributed by atoms with Crippen molar-refractivity contribution < 1.29 is 13.2 Å². The Hall–Kier alpha value is -0.620. The first-order valence-electron chi connectivity index (χ1n) is 7.76. The van der Waals surface area contributed by atoms with Crippen LogP contribution in [0.25, 0.3) is 0 Å². The molecule has 0 saturated heterocycles. The number of hydrogen-bond acceptors (Lipinski definition) is 4. The van der Waals surface area contributed by atoms with Crippen LogP contribution in [0.15, 0.2) is 10.4 Å². The van der Waals surface area contributed by atoms with Gasteiger partial charge in [0, 0.05) is 25.0 Å². The summed E-state index contributed by atoms with van der Waals surface area (Å²) in [5, 5.41) is 7.61. The van der Waals surface area contributed by atoms with Crippen LogP contribution in [-0.2, 0) is 12.7 Å². The number of thiazole rings is 1. The molecule has 0 aliphatic heterocycles. The van der Waals surface area contributed by atoms with Gasteiger partial charge in [0.2, 0.25) is 0 Å². The highest BCUT2D eigenvalue weighted by Gasteiger charge is 2.33. The molecule has 25 heavy (non-hydrogen) atoms. The molecule has 1 unspecified atom stereocenters. The first kappa shape index (κ1) is 24.4. The third kappa shape index (κ3) is 9.04. The topological polar surface area (TPSA) is 52.6 Å². The molecule has 0 fully saturated rings. The van der Waals surface area contributed by atoms with Crippen LogP contribution in [-0.4, -0.2) is 49.6 Å². The van der Waals surface area contributed by atoms with Crippen molar-refractivity contribution in [1.29, 1.82) is 0 Å². The van der Waals surface area contributed by atoms with Crippen LogP contribution in [0.4, 0.5) is 13.2 Å². The van der Waals surface area contributed by atoms with E-state index in [4.69, 9.17) is 0 Å². The van der Waals surface area contributed by atoms with Gasteiger partial charge in [0.05, 0.1) is 6.54 Å². The highest BCUT2D eigenvalue weighted by molar-refractivity contribution is 14.0. The molecule has 0 spiro atoms. The van der Waals surface area contributed by atoms with Crippen molar-refractivity contribution in [3.63, 3.8) is 0 Å². The summed E-state index contributed by atoms with van der Waals surface area (Å²) in [4.78, 5) is 9.84. The number of nitrogens with zero attached hydrogens (tertiary/aromatic N) is 3. The molecule has 10 heteroatoms. The predicted octanol–water partition coefficient (Wildman–Crippen LogP) is 3.42. The zero-order valence-corrected chi connectivity index (χ0v) is 18.3. The summed E-state index contributed by atoms with van der Waals surface area (Å²) in [6, 6.07) is 0.347. The Labute approximate surface area is 168 Å². The number of halogens is 4. The monoisotopic (exact) mass is 493 g/mol. The molecule has 0 radical (unpaired) electrons. The van der Waals surface area contributed by atoms with E-state index in [-0.39, 0.29) is 30.5 Å². The van der Waals surface area contributed by atoms with Crippen molar-refractivity contribution >= 4 is 41.3 Å². The van der Waals surface area contributed by atoms with Gasteiger partial charge in [0.1, 0.15) is 5.01 Å². The van der Waals surface area contributed by atoms with E-state index in [9.17, 15) is 13.2 Å². The van der Waals surface area contributed by atoms with Crippen LogP contribution >= 0.6 is 35.3 Å². The van der Waals surface area contributed by atoms with E-state index in [1.165, 1.54) is 0 Å². The van der Waals surface area contributed by atoms with Gasteiger partial charge in [-0.1, -0.05) is 13.8 Å². The zero-order valence-electron chi connectivity index (χ0n) is 15.1. The third-order valence-electron chi connectivity index (χ3n) is 3.45. The lowest BCUT2D eigenvalue weighted by Crippen LogP contribution is -2.45. The molecule has 0 amide bonds. The van der Waals surface area contributed by atoms with Crippen LogP contribution < -0.4 is 10.6 Å². The lowest BCUT2D eigenvalue weighted by atomic mass is 10.0. The molecule has 1 aromatic rings. The molecule has 0 saturated carbocycles. The number of hydrogen-bond donors (Lipinski definition) is 2. The van der Waals surface area contributed by atoms with Gasteiger partial charge >= 0.3 is 6.18 Å². The van der Waals surface area contributed by atoms with Crippen molar-refractivity contribution in [2.75, 3.05) is 27.7 Å². The van der Waals surface area contributed by atoms with Crippen LogP contribution in [0.1, 0.15) is 31.0 Å². The number of aliphatic imine (C=N–C) groups is 1. The SMILES string of the molecule is CN=C(NCc1nc(C(F)(F)F)cs1)NCC(CC(C)C)N(C)C.I. The summed E-state index contributed by atoms with van der Waals surface area (Å²) in [7, 11) is 5.68. The van der Waals surface area contributed by atoms with Gasteiger partial charge in [-0.25, -0.2) is 4.98 Å². The number of rotatable bonds is 7. The molecule has 5 nitrogen and oxygen atoms in total. The summed E-state index contributed by atoms with van der Waals surface area (Å²) in [5.74, 6) is 1.12. The molecular formula is C15H27F3IN5S. The summed E-state index contributed by atoms with van der Waals surface area (Å²) < 4.78 is 37.6. The van der Waals surface area contributed by atoms with E-state index in [2.05, 4.69) is 39.4 Å². The van der Waals surface area contributed by atoms with Gasteiger partial charge in [-0.3, -0.25) is 4.99 Å². The Morgan fingerprint density at radius 3 is 2.40 bits per heavy atom. The van der Waals surface area contributed by atoms with E-state index in [0.29, 0.717) is 29.5 Å². The molecule has 0 aliphatic carbocycles. The standard InChI is InChI=1S/C15H26F3N5S.HI/c1-10(2)6-11(23(4)5)7-20-14(19-3)21-8-13-22-12(9-24-13)15(16,17)18;/h9-11H,6-8H2,1-5H3,(H2,19,20,21);1H. The molecule has 0 aliphatic rings. The lowest BCUT2D eigenvalue weighted by Gasteiger charge is -2.27. The minimum Gasteiger partial charge on any atom is -0.355 e. The summed E-state index contributed by atoms with van der Waals surface area (Å²) >= 11 is 0.982. The molecule has 1 aromatic heterocycles. The number of nitrogens with one attached hydrogen (secondary N) is 2. The second-order valence-corrected chi connectivity index (χ2v) is 7.12. The number of aromatic nitrogens is 1. The second-order valence-electron chi connectivity index (χ2n) is 6.18. The fraction of sp³-hybridized carbons (Fsp3) is 0.733. The predicted molar refractivity (Wildman–Crippen MR) is 108 cm³/mol. The molecule has 0 bridgehead atoms. The lowest BCUT2D eigenvalue weighted by molar-refractivity contribution is -0.140. The molecule has 1 heterocycles. The number of guanidine groups is 1. The highest BCUT2D eigenvalue weighted by atomic mass is 127. The van der Waals surface area contributed by atoms with E-state index >= 15 is 0 Å². The average molecular weight is 493 g/mol. The number of alkyl halides is 3. The zero-order chi connectivity index (χ0) is 18.3. The van der Waals surface area contributed by atoms with Crippen LogP contribution in [0.3, 0.4) is 0 Å². The van der Waals surface area contributed by atoms with Gasteiger partial charge in [-0.05, 0) is 26.4 Å². The molecular weight excluding hydrogens is 466 g/mol. The summed E-state index contributed by atoms with van der Waals surface area (Å²) in [6.07, 6.45) is -3.36. The molecule has 146 valence electrons. The fourth-order valence-corrected chi connectivity index (χ4v) is 2.88. The third-order valence-corrected chi connectivity index (χ3v) is 4.30. The second kappa shape index (κ2) is 11.2. The molecule has 1 rings (SSSR count). The van der Waals surface area contributed by atoms with Crippen molar-refractivity contribution in [3.8, 4) is 0 Å². The largest absolute Gasteiger partial charge is 0.434 e. The molecule has 1 atom stereocenters. The van der Waals surface area contributed by atoms with Crippen molar-refractivity contribution in [3.05, 3.63) is 16.1 Å². The van der Waals surface area contributed by atoms with E-state index in [1.54, 1.807) is 7.05 Å². The maximum Gasteiger partial charge on any atom is 0.434 e. The van der Waals surface area contributed by atoms with Gasteiger partial charge in [-0.2, -0.15) is 13.2 Å². The minimum absolute atomic E-state index is 0. The van der Waals surface area contributed by atoms with Crippen molar-refractivity contribution in [1.82, 2.24) is 20.5 Å². The Balaban J connectivity index is 0.00000576. The maximum atomic E-state index is 12.5. The maximum absolute atomic E-state index is 12.5. The molecule has 2 N–H and O–H groups in total. The summed E-state index contributed by atoms with van der Waals surface area (Å²) in [6.45, 7) is 5.25. The first-order chi connectivity index (χ1) is 11.1. The number of likely N-dealkylation sites (N-methyl/N-ethyl adjacent to an activating group) is 1. The Kier molecular flexibility index (Phi) is 10.9. The van der Waals surface area contributed by atoms with Gasteiger partial charge in [0.15, 0.2) is 11.7 Å². The quantitative estimate of drug-likeness (QED) is 0.348. The normalized spacial score (nSPS) is 13.8. The van der Waals surface area contributed by atoms with Crippen LogP contribution in [0, 0.1) is 5.92 Å². The van der Waals surface area contributed by atoms with Gasteiger partial charge in [-0.15, -0.1) is 35.3 Å². The smallest absolute Gasteiger partial charge is 0.355 e. The van der Waals surface area contributed by atoms with Crippen LogP contribution in [0.5, 0.6) is 0 Å². The van der Waals surface area contributed by atoms with E-state index in [0.717, 1.165) is 23.1 Å². The van der Waals surface area contributed by atoms with Crippen LogP contribution in [0.2, 0.25) is 0 Å². The van der Waals surface area contributed by atoms with E-state index < -0.39 is 11.9 Å². The van der Waals surface area contributed by atoms with Crippen molar-refractivity contribution in [2.24, 2.45) is 10.9 Å². The first-order valence-corrected chi connectivity index (χ1v) is 8.64. The Morgan fingerprint density at radius 2 is 1.96 bits per heavy atom. The van der Waals surface area contributed by atoms with Crippen molar-refractivity contribution in [2.45, 2.75) is 39.0 Å². The van der Waals surface area contributed by atoms with Gasteiger partial charge in [0.25, 0.3) is 0 Å². The van der Waals surface area contributed by atoms with Gasteiger partial charge < -0.3 is 15.5 Å². The average Bonchev–Trinajstić information content (AvgIpc) is 2.94. The molecule has 0 aromatic carbocycles. The minimum atomic E-state index is -4.40. The summed E-state index contributed by atoms with van der Waals surface area (Å²) in [5.41, 5.74) is -0.850. The fourth-order valence-electron chi connectivity index (χ4n) is 2.14. The highest BCUT2D eigenvalue weighted by Crippen LogP contribution is 2.29. The Morgan fingerprint density at radius 1 is 1.32 bits per heavy atom. The Bertz CT molecular complexity index is 531. The van der Waals surface area contributed by atoms with E-state index in [1.807, 2.05) is 14.1 Å².